The molecule has 1 fully saturated rings. The molecule has 22 heavy (non-hydrogen) atoms. The van der Waals surface area contributed by atoms with Crippen molar-refractivity contribution >= 4 is 22.9 Å². The second-order valence-corrected chi connectivity index (χ2v) is 5.64. The van der Waals surface area contributed by atoms with E-state index in [1.165, 1.54) is 29.0 Å². The molecule has 4 atom stereocenters. The van der Waals surface area contributed by atoms with Crippen LogP contribution in [0, 0.1) is 11.3 Å². The minimum absolute atomic E-state index is 0.229. The third-order valence-electron chi connectivity index (χ3n) is 3.39. The Morgan fingerprint density at radius 3 is 2.82 bits per heavy atom. The van der Waals surface area contributed by atoms with Gasteiger partial charge >= 0.3 is 0 Å². The van der Waals surface area contributed by atoms with Crippen LogP contribution in [0.15, 0.2) is 17.7 Å². The van der Waals surface area contributed by atoms with Crippen LogP contribution in [-0.4, -0.2) is 65.5 Å². The zero-order chi connectivity index (χ0) is 15.7. The highest BCUT2D eigenvalue weighted by Gasteiger charge is 2.43. The Hall–Kier alpha value is -1.77. The van der Waals surface area contributed by atoms with Crippen molar-refractivity contribution < 1.29 is 20.1 Å². The van der Waals surface area contributed by atoms with Crippen LogP contribution >= 0.6 is 11.8 Å². The largest absolute Gasteiger partial charge is 0.394 e. The van der Waals surface area contributed by atoms with Gasteiger partial charge in [-0.15, -0.1) is 0 Å². The molecule has 10 heteroatoms. The van der Waals surface area contributed by atoms with Gasteiger partial charge in [0.1, 0.15) is 35.2 Å². The molecule has 0 bridgehead atoms. The maximum absolute atomic E-state index is 10.1. The van der Waals surface area contributed by atoms with E-state index in [1.54, 1.807) is 0 Å². The van der Waals surface area contributed by atoms with Crippen molar-refractivity contribution in [2.75, 3.05) is 12.4 Å². The maximum Gasteiger partial charge on any atom is 0.166 e. The molecule has 3 rings (SSSR count). The van der Waals surface area contributed by atoms with Gasteiger partial charge in [-0.3, -0.25) is 4.57 Å². The highest BCUT2D eigenvalue weighted by Crippen LogP contribution is 2.32. The Balaban J connectivity index is 1.97. The molecule has 2 aromatic rings. The fourth-order valence-corrected chi connectivity index (χ4v) is 2.94. The van der Waals surface area contributed by atoms with E-state index in [1.807, 2.05) is 6.07 Å². The summed E-state index contributed by atoms with van der Waals surface area (Å²) in [5.41, 5.74) is 0.908. The van der Waals surface area contributed by atoms with E-state index in [4.69, 9.17) is 15.1 Å². The third kappa shape index (κ3) is 2.43. The molecule has 1 saturated heterocycles. The average Bonchev–Trinajstić information content (AvgIpc) is 3.08. The third-order valence-corrected chi connectivity index (χ3v) is 4.24. The van der Waals surface area contributed by atoms with Gasteiger partial charge in [0, 0.05) is 0 Å². The molecule has 9 nitrogen and oxygen atoms in total. The summed E-state index contributed by atoms with van der Waals surface area (Å²) in [5, 5.41) is 38.3. The monoisotopic (exact) mass is 323 g/mol. The van der Waals surface area contributed by atoms with Gasteiger partial charge in [-0.1, -0.05) is 11.8 Å². The first-order valence-corrected chi connectivity index (χ1v) is 7.45. The number of thioether (sulfide) groups is 1. The van der Waals surface area contributed by atoms with Gasteiger partial charge in [-0.05, 0) is 0 Å². The second-order valence-electron chi connectivity index (χ2n) is 4.68. The SMILES string of the molecule is N#CCSc1ncnc2c1ncn2C1OC(CO)C(O)C1O. The minimum Gasteiger partial charge on any atom is -0.394 e. The van der Waals surface area contributed by atoms with Crippen molar-refractivity contribution in [3.8, 4) is 6.07 Å². The van der Waals surface area contributed by atoms with Gasteiger partial charge in [-0.25, -0.2) is 15.0 Å². The Morgan fingerprint density at radius 1 is 1.32 bits per heavy atom. The molecule has 0 amide bonds. The van der Waals surface area contributed by atoms with E-state index >= 15 is 0 Å². The van der Waals surface area contributed by atoms with Crippen molar-refractivity contribution in [2.24, 2.45) is 0 Å². The Labute approximate surface area is 129 Å². The van der Waals surface area contributed by atoms with Gasteiger partial charge in [0.25, 0.3) is 0 Å². The molecule has 116 valence electrons. The predicted octanol–water partition coefficient (Wildman–Crippen LogP) is -0.947. The highest BCUT2D eigenvalue weighted by atomic mass is 32.2. The van der Waals surface area contributed by atoms with Crippen LogP contribution in [0.2, 0.25) is 0 Å². The quantitative estimate of drug-likeness (QED) is 0.480. The number of fused-ring (bicyclic) bond motifs is 1. The van der Waals surface area contributed by atoms with E-state index in [2.05, 4.69) is 15.0 Å². The van der Waals surface area contributed by atoms with Crippen molar-refractivity contribution in [1.29, 1.82) is 5.26 Å². The van der Waals surface area contributed by atoms with Gasteiger partial charge in [0.15, 0.2) is 11.9 Å². The number of aliphatic hydroxyl groups excluding tert-OH is 3. The molecule has 0 radical (unpaired) electrons. The Kier molecular flexibility index (Phi) is 4.23. The standard InChI is InChI=1S/C12H13N5O4S/c13-1-2-22-11-7-10(14-4-15-11)17(5-16-7)12-9(20)8(19)6(3-18)21-12/h4-6,8-9,12,18-20H,2-3H2. The molecule has 4 unspecified atom stereocenters. The predicted molar refractivity (Wildman–Crippen MR) is 74.7 cm³/mol. The molecule has 3 heterocycles. The number of aliphatic hydroxyl groups is 3. The number of nitriles is 1. The van der Waals surface area contributed by atoms with Crippen molar-refractivity contribution in [3.63, 3.8) is 0 Å². The minimum atomic E-state index is -1.21. The summed E-state index contributed by atoms with van der Waals surface area (Å²) in [7, 11) is 0. The van der Waals surface area contributed by atoms with Crippen LogP contribution < -0.4 is 0 Å². The molecule has 0 aromatic carbocycles. The number of nitrogens with zero attached hydrogens (tertiary/aromatic N) is 5. The molecule has 3 N–H and O–H groups in total. The van der Waals surface area contributed by atoms with Crippen LogP contribution in [0.3, 0.4) is 0 Å². The summed E-state index contributed by atoms with van der Waals surface area (Å²) in [6.45, 7) is -0.403. The molecule has 2 aromatic heterocycles. The second kappa shape index (κ2) is 6.15. The van der Waals surface area contributed by atoms with Gasteiger partial charge in [0.05, 0.1) is 24.8 Å². The highest BCUT2D eigenvalue weighted by molar-refractivity contribution is 7.99. The zero-order valence-corrected chi connectivity index (χ0v) is 12.1. The lowest BCUT2D eigenvalue weighted by Crippen LogP contribution is -2.33. The number of hydrogen-bond donors (Lipinski definition) is 3. The van der Waals surface area contributed by atoms with Crippen molar-refractivity contribution in [1.82, 2.24) is 19.5 Å². The smallest absolute Gasteiger partial charge is 0.166 e. The number of ether oxygens (including phenoxy) is 1. The van der Waals surface area contributed by atoms with E-state index in [-0.39, 0.29) is 5.75 Å². The summed E-state index contributed by atoms with van der Waals surface area (Å²) in [6, 6.07) is 2.01. The molecular formula is C12H13N5O4S. The van der Waals surface area contributed by atoms with E-state index in [9.17, 15) is 10.2 Å². The lowest BCUT2D eigenvalue weighted by Gasteiger charge is -2.16. The van der Waals surface area contributed by atoms with E-state index in [0.717, 1.165) is 0 Å². The maximum atomic E-state index is 10.1. The lowest BCUT2D eigenvalue weighted by atomic mass is 10.1. The Bertz CT molecular complexity index is 717. The topological polar surface area (TPSA) is 137 Å². The Morgan fingerprint density at radius 2 is 2.14 bits per heavy atom. The molecule has 1 aliphatic heterocycles. The van der Waals surface area contributed by atoms with Crippen LogP contribution in [0.4, 0.5) is 0 Å². The van der Waals surface area contributed by atoms with Crippen LogP contribution in [-0.2, 0) is 4.74 Å². The van der Waals surface area contributed by atoms with Crippen LogP contribution in [0.5, 0.6) is 0 Å². The summed E-state index contributed by atoms with van der Waals surface area (Å²) >= 11 is 1.23. The van der Waals surface area contributed by atoms with Gasteiger partial charge in [-0.2, -0.15) is 5.26 Å². The number of rotatable bonds is 4. The fourth-order valence-electron chi connectivity index (χ4n) is 2.33. The lowest BCUT2D eigenvalue weighted by molar-refractivity contribution is -0.0511. The molecule has 0 saturated carbocycles. The van der Waals surface area contributed by atoms with E-state index in [0.29, 0.717) is 16.2 Å². The zero-order valence-electron chi connectivity index (χ0n) is 11.3. The summed E-state index contributed by atoms with van der Waals surface area (Å²) in [4.78, 5) is 12.4. The average molecular weight is 323 g/mol. The number of hydrogen-bond acceptors (Lipinski definition) is 9. The first kappa shape index (κ1) is 15.1. The number of aromatic nitrogens is 4. The molecule has 1 aliphatic rings. The van der Waals surface area contributed by atoms with Gasteiger partial charge < -0.3 is 20.1 Å². The molecule has 0 aliphatic carbocycles. The van der Waals surface area contributed by atoms with E-state index < -0.39 is 31.1 Å². The molecule has 0 spiro atoms. The first-order chi connectivity index (χ1) is 10.7. The normalized spacial score (nSPS) is 28.1. The summed E-state index contributed by atoms with van der Waals surface area (Å²) in [5.74, 6) is 0.229. The fraction of sp³-hybridized carbons (Fsp3) is 0.500. The summed E-state index contributed by atoms with van der Waals surface area (Å²) < 4.78 is 6.95. The molecular weight excluding hydrogens is 310 g/mol. The first-order valence-electron chi connectivity index (χ1n) is 6.47. The van der Waals surface area contributed by atoms with Crippen molar-refractivity contribution in [2.45, 2.75) is 29.6 Å². The van der Waals surface area contributed by atoms with Crippen molar-refractivity contribution in [3.05, 3.63) is 12.7 Å². The van der Waals surface area contributed by atoms with Crippen LogP contribution in [0.25, 0.3) is 11.2 Å². The van der Waals surface area contributed by atoms with Crippen LogP contribution in [0.1, 0.15) is 6.23 Å². The van der Waals surface area contributed by atoms with Gasteiger partial charge in [0.2, 0.25) is 0 Å². The number of imidazole rings is 1. The summed E-state index contributed by atoms with van der Waals surface area (Å²) in [6.07, 6.45) is -1.41.